The summed E-state index contributed by atoms with van der Waals surface area (Å²) in [7, 11) is -1.78. The first-order valence-electron chi connectivity index (χ1n) is 5.60. The predicted octanol–water partition coefficient (Wildman–Crippen LogP) is 3.33. The summed E-state index contributed by atoms with van der Waals surface area (Å²) in [4.78, 5) is 0. The molecule has 2 atom stereocenters. The van der Waals surface area contributed by atoms with Crippen LogP contribution in [-0.4, -0.2) is 25.6 Å². The number of hydrogen-bond donors (Lipinski definition) is 1. The van der Waals surface area contributed by atoms with Crippen molar-refractivity contribution in [3.8, 4) is 0 Å². The zero-order chi connectivity index (χ0) is 12.3. The molecular formula is C12H26O2Si. The van der Waals surface area contributed by atoms with Gasteiger partial charge in [-0.25, -0.2) is 0 Å². The van der Waals surface area contributed by atoms with Gasteiger partial charge in [0.2, 0.25) is 0 Å². The van der Waals surface area contributed by atoms with E-state index in [0.717, 1.165) is 0 Å². The molecule has 1 unspecified atom stereocenters. The van der Waals surface area contributed by atoms with Crippen molar-refractivity contribution in [2.24, 2.45) is 0 Å². The Bertz CT molecular complexity index is 214. The van der Waals surface area contributed by atoms with Crippen LogP contribution < -0.4 is 0 Å². The number of hydrogen-bond acceptors (Lipinski definition) is 2. The quantitative estimate of drug-likeness (QED) is 0.593. The van der Waals surface area contributed by atoms with Crippen LogP contribution in [0.1, 0.15) is 34.6 Å². The highest BCUT2D eigenvalue weighted by Crippen LogP contribution is 2.37. The van der Waals surface area contributed by atoms with Gasteiger partial charge in [-0.1, -0.05) is 32.9 Å². The Morgan fingerprint density at radius 2 is 1.73 bits per heavy atom. The van der Waals surface area contributed by atoms with Gasteiger partial charge in [-0.05, 0) is 32.0 Å². The molecule has 0 aromatic rings. The van der Waals surface area contributed by atoms with Crippen molar-refractivity contribution in [1.82, 2.24) is 0 Å². The van der Waals surface area contributed by atoms with Crippen molar-refractivity contribution < 1.29 is 9.53 Å². The van der Waals surface area contributed by atoms with E-state index >= 15 is 0 Å². The third kappa shape index (κ3) is 4.49. The molecule has 0 fully saturated rings. The van der Waals surface area contributed by atoms with Crippen molar-refractivity contribution in [1.29, 1.82) is 0 Å². The normalized spacial score (nSPS) is 18.1. The second-order valence-electron chi connectivity index (χ2n) is 5.61. The highest BCUT2D eigenvalue weighted by molar-refractivity contribution is 6.74. The van der Waals surface area contributed by atoms with Crippen molar-refractivity contribution in [3.05, 3.63) is 12.2 Å². The second kappa shape index (κ2) is 5.28. The van der Waals surface area contributed by atoms with Crippen molar-refractivity contribution in [2.45, 2.75) is 65.0 Å². The van der Waals surface area contributed by atoms with Crippen LogP contribution in [0.4, 0.5) is 0 Å². The Morgan fingerprint density at radius 1 is 1.27 bits per heavy atom. The number of allylic oxidation sites excluding steroid dienone is 1. The molecule has 0 radical (unpaired) electrons. The van der Waals surface area contributed by atoms with Gasteiger partial charge in [0.05, 0.1) is 12.2 Å². The lowest BCUT2D eigenvalue weighted by Gasteiger charge is -2.39. The maximum absolute atomic E-state index is 9.62. The van der Waals surface area contributed by atoms with Crippen LogP contribution in [0.2, 0.25) is 18.1 Å². The molecular weight excluding hydrogens is 204 g/mol. The monoisotopic (exact) mass is 230 g/mol. The Balaban J connectivity index is 4.67. The average Bonchev–Trinajstić information content (AvgIpc) is 2.00. The lowest BCUT2D eigenvalue weighted by molar-refractivity contribution is 0.0685. The third-order valence-electron chi connectivity index (χ3n) is 3.09. The lowest BCUT2D eigenvalue weighted by atomic mass is 10.2. The van der Waals surface area contributed by atoms with Crippen LogP contribution in [0.3, 0.4) is 0 Å². The summed E-state index contributed by atoms with van der Waals surface area (Å²) in [6.07, 6.45) is 3.25. The average molecular weight is 230 g/mol. The molecule has 0 rings (SSSR count). The molecule has 0 saturated heterocycles. The fraction of sp³-hybridized carbons (Fsp3) is 0.833. The first kappa shape index (κ1) is 14.9. The second-order valence-corrected chi connectivity index (χ2v) is 10.4. The lowest BCUT2D eigenvalue weighted by Crippen LogP contribution is -2.46. The molecule has 0 aromatic heterocycles. The van der Waals surface area contributed by atoms with Crippen molar-refractivity contribution >= 4 is 8.32 Å². The predicted molar refractivity (Wildman–Crippen MR) is 68.6 cm³/mol. The molecule has 0 bridgehead atoms. The maximum Gasteiger partial charge on any atom is 0.193 e. The molecule has 0 aliphatic carbocycles. The smallest absolute Gasteiger partial charge is 0.193 e. The standard InChI is InChI=1S/C12H26O2Si/c1-8-9-11(10(2)13)14-15(6,7)12(3,4)5/h8-11,13H,1-7H3/t10-,11?/m0/s1. The van der Waals surface area contributed by atoms with Gasteiger partial charge in [0.1, 0.15) is 0 Å². The number of rotatable bonds is 4. The van der Waals surface area contributed by atoms with E-state index in [1.54, 1.807) is 6.92 Å². The Labute approximate surface area is 95.5 Å². The summed E-state index contributed by atoms with van der Waals surface area (Å²) < 4.78 is 6.11. The molecule has 3 heteroatoms. The van der Waals surface area contributed by atoms with Crippen LogP contribution in [-0.2, 0) is 4.43 Å². The highest BCUT2D eigenvalue weighted by atomic mass is 28.4. The van der Waals surface area contributed by atoms with E-state index in [0.29, 0.717) is 0 Å². The van der Waals surface area contributed by atoms with Gasteiger partial charge in [-0.3, -0.25) is 0 Å². The summed E-state index contributed by atoms with van der Waals surface area (Å²) in [5.41, 5.74) is 0. The third-order valence-corrected chi connectivity index (χ3v) is 7.57. The van der Waals surface area contributed by atoms with E-state index in [1.165, 1.54) is 0 Å². The van der Waals surface area contributed by atoms with Gasteiger partial charge >= 0.3 is 0 Å². The zero-order valence-corrected chi connectivity index (χ0v) is 12.2. The van der Waals surface area contributed by atoms with Crippen LogP contribution in [0.25, 0.3) is 0 Å². The fourth-order valence-electron chi connectivity index (χ4n) is 1.01. The molecule has 90 valence electrons. The van der Waals surface area contributed by atoms with Gasteiger partial charge < -0.3 is 9.53 Å². The minimum absolute atomic E-state index is 0.170. The van der Waals surface area contributed by atoms with Gasteiger partial charge in [0, 0.05) is 0 Å². The van der Waals surface area contributed by atoms with E-state index in [4.69, 9.17) is 4.43 Å². The van der Waals surface area contributed by atoms with E-state index in [9.17, 15) is 5.11 Å². The van der Waals surface area contributed by atoms with Crippen LogP contribution >= 0.6 is 0 Å². The molecule has 15 heavy (non-hydrogen) atoms. The molecule has 0 saturated carbocycles. The van der Waals surface area contributed by atoms with Gasteiger partial charge in [-0.15, -0.1) is 0 Å². The SMILES string of the molecule is CC=CC(O[Si](C)(C)C(C)(C)C)[C@H](C)O. The molecule has 0 aliphatic rings. The first-order valence-corrected chi connectivity index (χ1v) is 8.51. The van der Waals surface area contributed by atoms with E-state index in [2.05, 4.69) is 33.9 Å². The Hall–Kier alpha value is -0.123. The first-order chi connectivity index (χ1) is 6.62. The molecule has 0 spiro atoms. The molecule has 1 N–H and O–H groups in total. The van der Waals surface area contributed by atoms with E-state index in [1.807, 2.05) is 19.1 Å². The maximum atomic E-state index is 9.62. The topological polar surface area (TPSA) is 29.5 Å². The summed E-state index contributed by atoms with van der Waals surface area (Å²) in [6, 6.07) is 0. The van der Waals surface area contributed by atoms with Crippen molar-refractivity contribution in [2.75, 3.05) is 0 Å². The van der Waals surface area contributed by atoms with Crippen LogP contribution in [0.15, 0.2) is 12.2 Å². The van der Waals surface area contributed by atoms with Gasteiger partial charge in [0.25, 0.3) is 0 Å². The summed E-state index contributed by atoms with van der Waals surface area (Å²) in [5, 5.41) is 9.80. The molecule has 2 nitrogen and oxygen atoms in total. The summed E-state index contributed by atoms with van der Waals surface area (Å²) in [5.74, 6) is 0. The van der Waals surface area contributed by atoms with E-state index < -0.39 is 14.4 Å². The summed E-state index contributed by atoms with van der Waals surface area (Å²) in [6.45, 7) is 14.7. The Morgan fingerprint density at radius 3 is 2.00 bits per heavy atom. The van der Waals surface area contributed by atoms with E-state index in [-0.39, 0.29) is 11.1 Å². The number of aliphatic hydroxyl groups excluding tert-OH is 1. The zero-order valence-electron chi connectivity index (χ0n) is 11.2. The summed E-state index contributed by atoms with van der Waals surface area (Å²) >= 11 is 0. The van der Waals surface area contributed by atoms with Crippen LogP contribution in [0, 0.1) is 0 Å². The largest absolute Gasteiger partial charge is 0.408 e. The highest BCUT2D eigenvalue weighted by Gasteiger charge is 2.39. The molecule has 0 heterocycles. The number of aliphatic hydroxyl groups is 1. The Kier molecular flexibility index (Phi) is 5.24. The minimum Gasteiger partial charge on any atom is -0.408 e. The minimum atomic E-state index is -1.78. The molecule has 0 aliphatic heterocycles. The van der Waals surface area contributed by atoms with Gasteiger partial charge in [-0.2, -0.15) is 0 Å². The van der Waals surface area contributed by atoms with Gasteiger partial charge in [0.15, 0.2) is 8.32 Å². The molecule has 0 aromatic carbocycles. The van der Waals surface area contributed by atoms with Crippen molar-refractivity contribution in [3.63, 3.8) is 0 Å². The molecule has 0 amide bonds. The van der Waals surface area contributed by atoms with Crippen LogP contribution in [0.5, 0.6) is 0 Å². The fourth-order valence-corrected chi connectivity index (χ4v) is 2.31.